The number of ether oxygens (including phenoxy) is 4. The Morgan fingerprint density at radius 2 is 1.44 bits per heavy atom. The summed E-state index contributed by atoms with van der Waals surface area (Å²) in [5.41, 5.74) is 7.10. The first kappa shape index (κ1) is 59.6. The molecule has 5 aromatic heterocycles. The van der Waals surface area contributed by atoms with Crippen LogP contribution >= 0.6 is 31.1 Å². The number of amides is 1. The van der Waals surface area contributed by atoms with Gasteiger partial charge in [-0.3, -0.25) is 51.7 Å². The quantitative estimate of drug-likeness (QED) is 0.0259. The number of carbonyl (C=O) groups excluding carboxylic acids is 1. The Hall–Kier alpha value is -6.01. The van der Waals surface area contributed by atoms with Crippen molar-refractivity contribution in [1.29, 1.82) is 0 Å². The van der Waals surface area contributed by atoms with Crippen LogP contribution in [-0.4, -0.2) is 172 Å². The van der Waals surface area contributed by atoms with Crippen molar-refractivity contribution in [3.8, 4) is 5.75 Å². The fourth-order valence-electron chi connectivity index (χ4n) is 9.24. The number of carbonyl (C=O) groups is 1. The van der Waals surface area contributed by atoms with Crippen LogP contribution in [-0.2, 0) is 66.5 Å². The van der Waals surface area contributed by atoms with E-state index in [0.29, 0.717) is 0 Å². The fourth-order valence-corrected chi connectivity index (χ4v) is 14.5. The number of nitrogens with two attached hydrogens (primary N) is 2. The maximum Gasteiger partial charge on any atom is 0.490 e. The number of nitrogens with one attached hydrogen (secondary N) is 2. The van der Waals surface area contributed by atoms with Crippen molar-refractivity contribution in [3.05, 3.63) is 92.8 Å². The van der Waals surface area contributed by atoms with Crippen LogP contribution in [0.1, 0.15) is 25.1 Å². The molecule has 41 heteroatoms. The number of aromatic amines is 2. The van der Waals surface area contributed by atoms with Crippen molar-refractivity contribution in [3.63, 3.8) is 0 Å². The number of phosphoric ester groups is 2. The van der Waals surface area contributed by atoms with Crippen LogP contribution in [0.5, 0.6) is 5.75 Å². The predicted octanol–water partition coefficient (Wildman–Crippen LogP) is -2.64. The van der Waals surface area contributed by atoms with Crippen LogP contribution in [0.2, 0.25) is 0 Å². The maximum atomic E-state index is 14.8. The largest absolute Gasteiger partial charge is 0.490 e. The van der Waals surface area contributed by atoms with E-state index < -0.39 is 153 Å². The van der Waals surface area contributed by atoms with Crippen molar-refractivity contribution in [1.82, 2.24) is 48.5 Å². The first-order chi connectivity index (χ1) is 38.0. The molecule has 3 aliphatic heterocycles. The number of nitrogen functional groups attached to an aromatic ring is 2. The van der Waals surface area contributed by atoms with Crippen molar-refractivity contribution < 1.29 is 104 Å². The number of phosphoric acid groups is 3. The highest BCUT2D eigenvalue weighted by molar-refractivity contribution is 7.66. The molecule has 0 spiro atoms. The number of para-hydroxylation sites is 1. The molecule has 1 aromatic carbocycles. The Labute approximate surface area is 452 Å². The topological polar surface area (TPSA) is 518 Å². The standard InChI is InChI=1S/C40H51N13O24P4/c1-49(2)24(55)11-19-20(73-36(27(19)56)53-17-50(3)26-34(53)47-39(42)48-35(26)59)12-70-79(63,64)76-81(67,68)77-80(65,66)71-14-22-31(78(61,62)69-13-21-28(57)29(58)37(74-21)51-10-9-23(54)46-40(51)60)30(72-18-7-5-4-6-8-18)38(75-22)52-16-45-25-32(41)43-15-44-33(25)52/h4-10,15-17,19-22,27-31,36-38,56-58H,11-14H2,1-3H3,(H9-,41,42,43,44,46,47,48,54,59,60,61,62,63,64,65,66,67,68)/p+1/t19-,20-,21-,22-,27-,28-,29-,30-,31-,36?,37-,38-/m1/s1. The molecule has 1 amide bonds. The molecule has 37 nitrogen and oxygen atoms in total. The molecule has 0 aliphatic carbocycles. The minimum atomic E-state index is -6.29. The molecule has 440 valence electrons. The van der Waals surface area contributed by atoms with Crippen molar-refractivity contribution >= 4 is 71.1 Å². The van der Waals surface area contributed by atoms with Gasteiger partial charge in [-0.1, -0.05) is 23.2 Å². The monoisotopic (exact) mass is 1220 g/mol. The molecular formula is C40H52N13O24P4+. The average Bonchev–Trinajstić information content (AvgIpc) is 3.30. The predicted molar refractivity (Wildman–Crippen MR) is 268 cm³/mol. The molecule has 3 aliphatic rings. The summed E-state index contributed by atoms with van der Waals surface area (Å²) in [6, 6.07) is 8.47. The van der Waals surface area contributed by atoms with E-state index in [0.717, 1.165) is 29.5 Å². The summed E-state index contributed by atoms with van der Waals surface area (Å²) in [5.74, 6) is -2.20. The number of nitrogens with zero attached hydrogens (tertiary/aromatic N) is 9. The zero-order chi connectivity index (χ0) is 58.7. The van der Waals surface area contributed by atoms with Crippen LogP contribution < -0.4 is 37.6 Å². The second-order valence-corrected chi connectivity index (χ2v) is 25.2. The number of fused-ring (bicyclic) bond motifs is 2. The van der Waals surface area contributed by atoms with Crippen molar-refractivity contribution in [2.45, 2.75) is 73.5 Å². The van der Waals surface area contributed by atoms with Crippen LogP contribution in [0.4, 0.5) is 11.8 Å². The second kappa shape index (κ2) is 23.0. The maximum absolute atomic E-state index is 14.8. The van der Waals surface area contributed by atoms with E-state index in [2.05, 4.69) is 33.5 Å². The number of H-pyrrole nitrogens is 2. The number of aryl methyl sites for hydroxylation is 1. The van der Waals surface area contributed by atoms with E-state index in [1.807, 2.05) is 4.98 Å². The number of aliphatic hydroxyl groups excluding tert-OH is 3. The van der Waals surface area contributed by atoms with Gasteiger partial charge in [0.25, 0.3) is 17.1 Å². The third-order valence-electron chi connectivity index (χ3n) is 13.0. The average molecular weight is 1220 g/mol. The number of benzene rings is 1. The zero-order valence-corrected chi connectivity index (χ0v) is 45.6. The Morgan fingerprint density at radius 1 is 0.790 bits per heavy atom. The normalized spacial score (nSPS) is 28.8. The number of rotatable bonds is 21. The SMILES string of the molecule is CN(C)C(=O)C[C@@H]1[C@@H](COP(=O)(O)OP(=O)(O)OP(=O)(O)OC[C@H]2O[C@@H](n3cnc4c(N)ncnc43)[C@H](Oc3ccccc3)[C@@H]2P(=O)(O)OC[C@H]2O[C@@H](n3ccc(=O)[nH]c3=O)[C@H](O)[C@@H]2O)OC([n+]2cn(C)c3c(=O)[nH]c(N)nc32)[C@@H]1O. The number of hydrogen-bond acceptors (Lipinski definition) is 26. The van der Waals surface area contributed by atoms with E-state index in [1.54, 1.807) is 6.07 Å². The third kappa shape index (κ3) is 12.7. The van der Waals surface area contributed by atoms with Crippen LogP contribution in [0.3, 0.4) is 0 Å². The molecule has 0 radical (unpaired) electrons. The van der Waals surface area contributed by atoms with Gasteiger partial charge in [-0.2, -0.15) is 8.62 Å². The van der Waals surface area contributed by atoms with Gasteiger partial charge in [0.2, 0.25) is 17.7 Å². The molecular weight excluding hydrogens is 1170 g/mol. The third-order valence-corrected chi connectivity index (χ3v) is 19.1. The number of imidazole rings is 2. The summed E-state index contributed by atoms with van der Waals surface area (Å²) in [5, 5.41) is 33.3. The molecule has 6 aromatic rings. The van der Waals surface area contributed by atoms with Gasteiger partial charge >= 0.3 is 42.4 Å². The van der Waals surface area contributed by atoms with Crippen LogP contribution in [0.15, 0.2) is 76.0 Å². The van der Waals surface area contributed by atoms with E-state index in [9.17, 15) is 72.3 Å². The van der Waals surface area contributed by atoms with Gasteiger partial charge in [-0.05, 0) is 12.1 Å². The van der Waals surface area contributed by atoms with E-state index in [1.165, 1.54) is 70.3 Å². The van der Waals surface area contributed by atoms with Gasteiger partial charge in [0.05, 0.1) is 39.3 Å². The van der Waals surface area contributed by atoms with Gasteiger partial charge in [0, 0.05) is 38.7 Å². The van der Waals surface area contributed by atoms with Crippen molar-refractivity contribution in [2.75, 3.05) is 45.4 Å². The van der Waals surface area contributed by atoms with Gasteiger partial charge in [-0.15, -0.1) is 0 Å². The molecule has 0 saturated carbocycles. The molecule has 81 heavy (non-hydrogen) atoms. The van der Waals surface area contributed by atoms with Gasteiger partial charge in [0.1, 0.15) is 53.8 Å². The summed E-state index contributed by atoms with van der Waals surface area (Å²) in [6.45, 7) is -3.46. The molecule has 16 atom stereocenters. The van der Waals surface area contributed by atoms with E-state index in [4.69, 9.17) is 44.0 Å². The smallest absolute Gasteiger partial charge is 0.485 e. The summed E-state index contributed by atoms with van der Waals surface area (Å²) >= 11 is 0. The number of aliphatic hydroxyl groups is 3. The number of aromatic nitrogens is 10. The van der Waals surface area contributed by atoms with Crippen LogP contribution in [0, 0.1) is 5.92 Å². The number of anilines is 2. The van der Waals surface area contributed by atoms with Crippen molar-refractivity contribution in [2.24, 2.45) is 13.0 Å². The van der Waals surface area contributed by atoms with Crippen LogP contribution in [0.25, 0.3) is 22.3 Å². The number of hydrogen-bond donors (Lipinski definition) is 11. The summed E-state index contributed by atoms with van der Waals surface area (Å²) in [6.07, 6.45) is -13.1. The minimum Gasteiger partial charge on any atom is -0.485 e. The fraction of sp³-hybridized carbons (Fsp3) is 0.475. The van der Waals surface area contributed by atoms with Gasteiger partial charge < -0.3 is 74.7 Å². The molecule has 13 N–H and O–H groups in total. The first-order valence-electron chi connectivity index (χ1n) is 23.6. The highest BCUT2D eigenvalue weighted by atomic mass is 31.3. The van der Waals surface area contributed by atoms with Gasteiger partial charge in [0.15, 0.2) is 36.4 Å². The molecule has 5 unspecified atom stereocenters. The summed E-state index contributed by atoms with van der Waals surface area (Å²) in [7, 11) is -19.4. The highest BCUT2D eigenvalue weighted by Crippen LogP contribution is 2.68. The molecule has 9 rings (SSSR count). The summed E-state index contributed by atoms with van der Waals surface area (Å²) < 4.78 is 108. The Balaban J connectivity index is 0.935. The van der Waals surface area contributed by atoms with E-state index >= 15 is 0 Å². The Morgan fingerprint density at radius 3 is 2.11 bits per heavy atom. The molecule has 8 heterocycles. The minimum absolute atomic E-state index is 0.0116. The molecule has 3 fully saturated rings. The van der Waals surface area contributed by atoms with Gasteiger partial charge in [-0.25, -0.2) is 38.0 Å². The lowest BCUT2D eigenvalue weighted by Crippen LogP contribution is -2.45. The first-order valence-corrected chi connectivity index (χ1v) is 29.8. The highest BCUT2D eigenvalue weighted by Gasteiger charge is 2.59. The van der Waals surface area contributed by atoms with E-state index in [-0.39, 0.29) is 39.8 Å². The lowest BCUT2D eigenvalue weighted by atomic mass is 9.94. The Kier molecular flexibility index (Phi) is 16.9. The second-order valence-electron chi connectivity index (χ2n) is 18.6. The zero-order valence-electron chi connectivity index (χ0n) is 42.1. The molecule has 0 bridgehead atoms. The lowest BCUT2D eigenvalue weighted by molar-refractivity contribution is -0.745. The lowest BCUT2D eigenvalue weighted by Gasteiger charge is -2.29. The summed E-state index contributed by atoms with van der Waals surface area (Å²) in [4.78, 5) is 116. The Bertz CT molecular complexity index is 3710. The molecule has 3 saturated heterocycles.